The van der Waals surface area contributed by atoms with Crippen molar-refractivity contribution >= 4 is 51.4 Å². The number of hydrogen-bond acceptors (Lipinski definition) is 6. The van der Waals surface area contributed by atoms with E-state index in [4.69, 9.17) is 4.42 Å². The molecule has 0 unspecified atom stereocenters. The summed E-state index contributed by atoms with van der Waals surface area (Å²) in [4.78, 5) is 26.1. The van der Waals surface area contributed by atoms with E-state index in [0.717, 1.165) is 9.79 Å². The predicted octanol–water partition coefficient (Wildman–Crippen LogP) is 1.31. The molecule has 3 aromatic rings. The molecule has 7 heteroatoms. The third-order valence-electron chi connectivity index (χ3n) is 3.68. The smallest absolute Gasteiger partial charge is 0.545 e. The van der Waals surface area contributed by atoms with Crippen LogP contribution < -0.4 is 61.9 Å². The van der Waals surface area contributed by atoms with Gasteiger partial charge in [-0.05, 0) is 35.9 Å². The molecule has 0 N–H and O–H groups in total. The molecular formula is C20H19KO4S2. The molecule has 0 aliphatic heterocycles. The van der Waals surface area contributed by atoms with Crippen LogP contribution in [0, 0.1) is 0 Å². The van der Waals surface area contributed by atoms with E-state index in [1.807, 2.05) is 6.07 Å². The van der Waals surface area contributed by atoms with Gasteiger partial charge in [-0.25, -0.2) is 0 Å². The second-order valence-electron chi connectivity index (χ2n) is 6.56. The number of fused-ring (bicyclic) bond motifs is 2. The van der Waals surface area contributed by atoms with Gasteiger partial charge in [0.15, 0.2) is 5.58 Å². The fraction of sp³-hybridized carbons (Fsp3) is 0.300. The monoisotopic (exact) mass is 426 g/mol. The summed E-state index contributed by atoms with van der Waals surface area (Å²) in [5, 5.41) is 12.6. The summed E-state index contributed by atoms with van der Waals surface area (Å²) in [5.74, 6) is -1.31. The third kappa shape index (κ3) is 5.20. The average molecular weight is 427 g/mol. The topological polar surface area (TPSA) is 70.3 Å². The number of benzene rings is 2. The van der Waals surface area contributed by atoms with Crippen molar-refractivity contribution in [2.75, 3.05) is 0 Å². The molecular weight excluding hydrogens is 407 g/mol. The van der Waals surface area contributed by atoms with Crippen LogP contribution >= 0.6 is 23.5 Å². The number of carboxylic acids is 1. The van der Waals surface area contributed by atoms with Gasteiger partial charge in [0.2, 0.25) is 5.43 Å². The molecule has 0 amide bonds. The van der Waals surface area contributed by atoms with Crippen LogP contribution in [0.25, 0.3) is 21.9 Å². The van der Waals surface area contributed by atoms with Crippen molar-refractivity contribution in [1.29, 1.82) is 0 Å². The molecule has 0 saturated carbocycles. The van der Waals surface area contributed by atoms with Gasteiger partial charge >= 0.3 is 51.4 Å². The van der Waals surface area contributed by atoms with E-state index in [2.05, 4.69) is 33.8 Å². The zero-order chi connectivity index (χ0) is 19.0. The standard InChI is InChI=1S/C20H20O4S2.K/c1-10(2)25-13-8-15-18(21)14-7-12(20(22)23)5-6-16(14)24-19(15)17(9-13)26-11(3)4;/h5-11H,1-4H3,(H,22,23);/q;+1/p-1. The molecule has 27 heavy (non-hydrogen) atoms. The van der Waals surface area contributed by atoms with Crippen LogP contribution in [0.2, 0.25) is 0 Å². The average Bonchev–Trinajstić information content (AvgIpc) is 2.54. The van der Waals surface area contributed by atoms with E-state index in [1.54, 1.807) is 23.5 Å². The molecule has 0 aliphatic rings. The molecule has 0 aliphatic carbocycles. The van der Waals surface area contributed by atoms with Gasteiger partial charge in [0.1, 0.15) is 5.58 Å². The first kappa shape index (κ1) is 23.0. The molecule has 0 saturated heterocycles. The van der Waals surface area contributed by atoms with Crippen molar-refractivity contribution in [3.05, 3.63) is 46.1 Å². The zero-order valence-corrected chi connectivity index (χ0v) is 20.7. The number of thioether (sulfide) groups is 2. The SMILES string of the molecule is CC(C)Sc1cc(SC(C)C)c2oc3ccc(C(=O)[O-])cc3c(=O)c2c1.[K+]. The van der Waals surface area contributed by atoms with Gasteiger partial charge < -0.3 is 14.3 Å². The van der Waals surface area contributed by atoms with Crippen molar-refractivity contribution in [2.45, 2.75) is 48.0 Å². The Kier molecular flexibility index (Phi) is 8.07. The Morgan fingerprint density at radius 1 is 1.00 bits per heavy atom. The van der Waals surface area contributed by atoms with Gasteiger partial charge in [0, 0.05) is 15.4 Å². The quantitative estimate of drug-likeness (QED) is 0.348. The Hall–Kier alpha value is -0.284. The predicted molar refractivity (Wildman–Crippen MR) is 106 cm³/mol. The Bertz CT molecular complexity index is 1060. The van der Waals surface area contributed by atoms with E-state index in [1.165, 1.54) is 18.2 Å². The minimum atomic E-state index is -1.31. The van der Waals surface area contributed by atoms with Crippen molar-refractivity contribution in [2.24, 2.45) is 0 Å². The Labute approximate surface area is 208 Å². The van der Waals surface area contributed by atoms with Crippen LogP contribution in [0.1, 0.15) is 38.1 Å². The molecule has 0 fully saturated rings. The third-order valence-corrected chi connectivity index (χ3v) is 5.69. The molecule has 1 heterocycles. The molecule has 4 nitrogen and oxygen atoms in total. The first-order valence-corrected chi connectivity index (χ1v) is 10.1. The number of rotatable bonds is 5. The maximum Gasteiger partial charge on any atom is 1.00 e. The van der Waals surface area contributed by atoms with Crippen LogP contribution in [0.3, 0.4) is 0 Å². The normalized spacial score (nSPS) is 11.3. The Morgan fingerprint density at radius 3 is 2.26 bits per heavy atom. The van der Waals surface area contributed by atoms with E-state index in [-0.39, 0.29) is 67.8 Å². The fourth-order valence-corrected chi connectivity index (χ4v) is 4.66. The van der Waals surface area contributed by atoms with Gasteiger partial charge in [-0.1, -0.05) is 27.7 Å². The van der Waals surface area contributed by atoms with Crippen LogP contribution in [-0.2, 0) is 0 Å². The van der Waals surface area contributed by atoms with E-state index in [9.17, 15) is 14.7 Å². The molecule has 136 valence electrons. The maximum absolute atomic E-state index is 13.0. The molecule has 0 atom stereocenters. The first-order valence-electron chi connectivity index (χ1n) is 8.35. The van der Waals surface area contributed by atoms with Crippen molar-refractivity contribution in [1.82, 2.24) is 0 Å². The summed E-state index contributed by atoms with van der Waals surface area (Å²) >= 11 is 3.32. The van der Waals surface area contributed by atoms with Crippen LogP contribution in [0.5, 0.6) is 0 Å². The van der Waals surface area contributed by atoms with Gasteiger partial charge in [0.05, 0.1) is 21.6 Å². The molecule has 0 radical (unpaired) electrons. The van der Waals surface area contributed by atoms with E-state index >= 15 is 0 Å². The number of hydrogen-bond donors (Lipinski definition) is 0. The summed E-state index contributed by atoms with van der Waals surface area (Å²) in [5.41, 5.74) is 0.674. The van der Waals surface area contributed by atoms with Gasteiger partial charge in [-0.15, -0.1) is 23.5 Å². The second-order valence-corrected chi connectivity index (χ2v) is 9.83. The summed E-state index contributed by atoms with van der Waals surface area (Å²) < 4.78 is 6.01. The Morgan fingerprint density at radius 2 is 1.67 bits per heavy atom. The molecule has 0 bridgehead atoms. The number of carbonyl (C=O) groups is 1. The fourth-order valence-electron chi connectivity index (χ4n) is 2.71. The van der Waals surface area contributed by atoms with Gasteiger partial charge in [-0.2, -0.15) is 0 Å². The van der Waals surface area contributed by atoms with E-state index < -0.39 is 5.97 Å². The summed E-state index contributed by atoms with van der Waals surface area (Å²) in [6.45, 7) is 8.37. The summed E-state index contributed by atoms with van der Waals surface area (Å²) in [6.07, 6.45) is 0. The van der Waals surface area contributed by atoms with Gasteiger partial charge in [0.25, 0.3) is 0 Å². The molecule has 1 aromatic heterocycles. The first-order chi connectivity index (χ1) is 12.3. The van der Waals surface area contributed by atoms with Crippen LogP contribution in [0.15, 0.2) is 49.3 Å². The number of aromatic carboxylic acids is 1. The zero-order valence-electron chi connectivity index (χ0n) is 16.0. The molecule has 2 aromatic carbocycles. The summed E-state index contributed by atoms with van der Waals surface area (Å²) in [7, 11) is 0. The van der Waals surface area contributed by atoms with Crippen molar-refractivity contribution < 1.29 is 65.7 Å². The minimum Gasteiger partial charge on any atom is -0.545 e. The summed E-state index contributed by atoms with van der Waals surface area (Å²) in [6, 6.07) is 8.13. The largest absolute Gasteiger partial charge is 1.00 e. The number of carbonyl (C=O) groups excluding carboxylic acids is 1. The second kappa shape index (κ2) is 9.48. The minimum absolute atomic E-state index is 0. The van der Waals surface area contributed by atoms with Gasteiger partial charge in [-0.3, -0.25) is 4.79 Å². The van der Waals surface area contributed by atoms with Crippen LogP contribution in [0.4, 0.5) is 0 Å². The van der Waals surface area contributed by atoms with E-state index in [0.29, 0.717) is 27.1 Å². The molecule has 3 rings (SSSR count). The van der Waals surface area contributed by atoms with Crippen LogP contribution in [-0.4, -0.2) is 16.5 Å². The molecule has 0 spiro atoms. The van der Waals surface area contributed by atoms with Crippen molar-refractivity contribution in [3.8, 4) is 0 Å². The number of carboxylic acid groups (broad SMARTS) is 1. The Balaban J connectivity index is 0.00000261. The van der Waals surface area contributed by atoms with Crippen molar-refractivity contribution in [3.63, 3.8) is 0 Å². The maximum atomic E-state index is 13.0.